The fraction of sp³-hybridized carbons (Fsp3) is 0.312. The molecule has 1 atom stereocenters. The first-order chi connectivity index (χ1) is 20.6. The molecule has 3 heterocycles. The Morgan fingerprint density at radius 2 is 1.81 bits per heavy atom. The number of rotatable bonds is 8. The van der Waals surface area contributed by atoms with Gasteiger partial charge in [-0.05, 0) is 48.1 Å². The highest BCUT2D eigenvalue weighted by Gasteiger charge is 2.54. The number of nitriles is 2. The predicted octanol–water partition coefficient (Wildman–Crippen LogP) is 6.53. The van der Waals surface area contributed by atoms with Gasteiger partial charge in [-0.25, -0.2) is 13.5 Å². The van der Waals surface area contributed by atoms with E-state index in [4.69, 9.17) is 0 Å². The van der Waals surface area contributed by atoms with Crippen LogP contribution in [0.5, 0.6) is 0 Å². The molecule has 43 heavy (non-hydrogen) atoms. The number of nitrogens with one attached hydrogen (secondary N) is 2. The topological polar surface area (TPSA) is 128 Å². The van der Waals surface area contributed by atoms with Crippen LogP contribution in [0.25, 0.3) is 21.8 Å². The van der Waals surface area contributed by atoms with E-state index in [-0.39, 0.29) is 5.41 Å². The molecule has 0 amide bonds. The number of hydrogen-bond donors (Lipinski definition) is 2. The van der Waals surface area contributed by atoms with Crippen LogP contribution in [0.4, 0.5) is 20.2 Å². The Kier molecular flexibility index (Phi) is 6.89. The lowest BCUT2D eigenvalue weighted by Gasteiger charge is -2.23. The molecule has 2 aromatic carbocycles. The summed E-state index contributed by atoms with van der Waals surface area (Å²) < 4.78 is 29.2. The van der Waals surface area contributed by atoms with Crippen LogP contribution in [-0.2, 0) is 5.54 Å². The van der Waals surface area contributed by atoms with Gasteiger partial charge in [-0.2, -0.15) is 10.5 Å². The van der Waals surface area contributed by atoms with E-state index in [0.29, 0.717) is 58.5 Å². The van der Waals surface area contributed by atoms with E-state index in [9.17, 15) is 19.3 Å². The zero-order valence-corrected chi connectivity index (χ0v) is 23.9. The Bertz CT molecular complexity index is 1920. The van der Waals surface area contributed by atoms with E-state index in [1.165, 1.54) is 10.9 Å². The highest BCUT2D eigenvalue weighted by atomic mass is 19.3. The first-order valence-electron chi connectivity index (χ1n) is 14.0. The average Bonchev–Trinajstić information content (AvgIpc) is 3.67. The number of hydrogen-bond acceptors (Lipinski definition) is 8. The second-order valence-corrected chi connectivity index (χ2v) is 12.1. The lowest BCUT2D eigenvalue weighted by atomic mass is 9.96. The zero-order chi connectivity index (χ0) is 30.4. The third-order valence-electron chi connectivity index (χ3n) is 7.74. The van der Waals surface area contributed by atoms with E-state index in [0.717, 1.165) is 16.5 Å². The summed E-state index contributed by atoms with van der Waals surface area (Å²) in [4.78, 5) is 8.92. The molecule has 3 aromatic heterocycles. The smallest absolute Gasteiger partial charge is 0.263 e. The maximum absolute atomic E-state index is 13.9. The van der Waals surface area contributed by atoms with Gasteiger partial charge in [0.25, 0.3) is 6.43 Å². The van der Waals surface area contributed by atoms with Gasteiger partial charge in [0.05, 0.1) is 40.1 Å². The van der Waals surface area contributed by atoms with Crippen LogP contribution in [0, 0.1) is 28.1 Å². The molecule has 1 fully saturated rings. The fourth-order valence-electron chi connectivity index (χ4n) is 5.26. The van der Waals surface area contributed by atoms with Gasteiger partial charge in [0.15, 0.2) is 0 Å². The molecule has 0 aliphatic heterocycles. The minimum absolute atomic E-state index is 0.0767. The quantitative estimate of drug-likeness (QED) is 0.213. The van der Waals surface area contributed by atoms with Crippen molar-refractivity contribution in [3.63, 3.8) is 0 Å². The number of nitrogens with zero attached hydrogens (tertiary/aromatic N) is 7. The molecule has 216 valence electrons. The summed E-state index contributed by atoms with van der Waals surface area (Å²) in [7, 11) is 0. The minimum atomic E-state index is -2.56. The number of pyridine rings is 2. The normalized spacial score (nSPS) is 14.8. The van der Waals surface area contributed by atoms with Gasteiger partial charge in [-0.3, -0.25) is 9.97 Å². The van der Waals surface area contributed by atoms with Gasteiger partial charge in [0, 0.05) is 35.4 Å². The van der Waals surface area contributed by atoms with E-state index in [1.54, 1.807) is 18.5 Å². The van der Waals surface area contributed by atoms with Crippen molar-refractivity contribution in [3.8, 4) is 12.1 Å². The molecule has 6 rings (SSSR count). The zero-order valence-electron chi connectivity index (χ0n) is 23.9. The highest BCUT2D eigenvalue weighted by molar-refractivity contribution is 5.99. The van der Waals surface area contributed by atoms with Crippen LogP contribution >= 0.6 is 0 Å². The molecule has 0 spiro atoms. The Labute approximate surface area is 247 Å². The van der Waals surface area contributed by atoms with Crippen LogP contribution in [0.2, 0.25) is 0 Å². The first kappa shape index (κ1) is 28.0. The molecule has 0 saturated heterocycles. The Balaban J connectivity index is 1.51. The number of alkyl halides is 2. The summed E-state index contributed by atoms with van der Waals surface area (Å²) in [6, 6.07) is 16.8. The molecular weight excluding hydrogens is 548 g/mol. The summed E-state index contributed by atoms with van der Waals surface area (Å²) in [6.45, 7) is 6.83. The Morgan fingerprint density at radius 3 is 2.51 bits per heavy atom. The van der Waals surface area contributed by atoms with Gasteiger partial charge >= 0.3 is 0 Å². The van der Waals surface area contributed by atoms with E-state index >= 15 is 0 Å². The SMILES string of the molecule is CC(C)(C)CNc1c(C#N)cnc2c(C#N)cc(NC(c3cn(C4(C(F)F)CC4)nn3)c3cccc4ncccc34)cc12. The van der Waals surface area contributed by atoms with Gasteiger partial charge in [-0.1, -0.05) is 44.2 Å². The van der Waals surface area contributed by atoms with Crippen molar-refractivity contribution in [2.75, 3.05) is 17.2 Å². The standard InChI is InChI=1S/C32H29F2N9/c1-31(2,3)18-39-28-20(15-36)16-38-27-19(14-35)12-21(13-24(27)28)40-29(23-6-4-8-25-22(23)7-5-11-37-25)26-17-43(42-41-26)32(9-10-32)30(33)34/h4-8,11-13,16-17,29-30,40H,9-10,18H2,1-3H3,(H,38,39). The monoisotopic (exact) mass is 577 g/mol. The molecular formula is C32H29F2N9. The summed E-state index contributed by atoms with van der Waals surface area (Å²) in [5, 5.41) is 36.8. The fourth-order valence-corrected chi connectivity index (χ4v) is 5.26. The number of halogens is 2. The summed E-state index contributed by atoms with van der Waals surface area (Å²) in [6.07, 6.45) is 2.86. The van der Waals surface area contributed by atoms with Crippen molar-refractivity contribution in [2.45, 2.75) is 51.6 Å². The van der Waals surface area contributed by atoms with Gasteiger partial charge in [-0.15, -0.1) is 5.10 Å². The summed E-state index contributed by atoms with van der Waals surface area (Å²) in [5.74, 6) is 0. The van der Waals surface area contributed by atoms with E-state index in [2.05, 4.69) is 63.8 Å². The largest absolute Gasteiger partial charge is 0.383 e. The number of anilines is 2. The van der Waals surface area contributed by atoms with Crippen LogP contribution < -0.4 is 10.6 Å². The second-order valence-electron chi connectivity index (χ2n) is 12.1. The Morgan fingerprint density at radius 1 is 1.02 bits per heavy atom. The lowest BCUT2D eigenvalue weighted by molar-refractivity contribution is 0.0593. The maximum atomic E-state index is 13.9. The molecule has 1 aliphatic carbocycles. The van der Waals surface area contributed by atoms with Crippen LogP contribution in [-0.4, -0.2) is 37.9 Å². The molecule has 2 N–H and O–H groups in total. The van der Waals surface area contributed by atoms with Crippen molar-refractivity contribution < 1.29 is 8.78 Å². The van der Waals surface area contributed by atoms with Crippen molar-refractivity contribution in [1.82, 2.24) is 25.0 Å². The van der Waals surface area contributed by atoms with Crippen LogP contribution in [0.15, 0.2) is 61.1 Å². The first-order valence-corrected chi connectivity index (χ1v) is 14.0. The van der Waals surface area contributed by atoms with Gasteiger partial charge in [0.1, 0.15) is 23.4 Å². The van der Waals surface area contributed by atoms with E-state index in [1.807, 2.05) is 36.4 Å². The van der Waals surface area contributed by atoms with Crippen molar-refractivity contribution >= 4 is 33.2 Å². The molecule has 1 unspecified atom stereocenters. The number of benzene rings is 2. The molecule has 1 aliphatic rings. The molecule has 0 bridgehead atoms. The third kappa shape index (κ3) is 5.19. The minimum Gasteiger partial charge on any atom is -0.383 e. The second kappa shape index (κ2) is 10.6. The average molecular weight is 578 g/mol. The van der Waals surface area contributed by atoms with Crippen molar-refractivity contribution in [3.05, 3.63) is 83.4 Å². The molecule has 0 radical (unpaired) electrons. The van der Waals surface area contributed by atoms with Crippen molar-refractivity contribution in [2.24, 2.45) is 5.41 Å². The molecule has 9 nitrogen and oxygen atoms in total. The van der Waals surface area contributed by atoms with Gasteiger partial charge in [0.2, 0.25) is 0 Å². The number of aromatic nitrogens is 5. The third-order valence-corrected chi connectivity index (χ3v) is 7.74. The predicted molar refractivity (Wildman–Crippen MR) is 160 cm³/mol. The van der Waals surface area contributed by atoms with Crippen LogP contribution in [0.3, 0.4) is 0 Å². The Hall–Kier alpha value is -5.16. The van der Waals surface area contributed by atoms with Crippen molar-refractivity contribution in [1.29, 1.82) is 10.5 Å². The van der Waals surface area contributed by atoms with Crippen LogP contribution in [0.1, 0.15) is 62.0 Å². The highest BCUT2D eigenvalue weighted by Crippen LogP contribution is 2.48. The van der Waals surface area contributed by atoms with E-state index < -0.39 is 18.0 Å². The summed E-state index contributed by atoms with van der Waals surface area (Å²) >= 11 is 0. The number of fused-ring (bicyclic) bond motifs is 2. The maximum Gasteiger partial charge on any atom is 0.263 e. The lowest BCUT2D eigenvalue weighted by Crippen LogP contribution is -2.26. The molecule has 5 aromatic rings. The molecule has 11 heteroatoms. The van der Waals surface area contributed by atoms with Gasteiger partial charge < -0.3 is 10.6 Å². The molecule has 1 saturated carbocycles. The summed E-state index contributed by atoms with van der Waals surface area (Å²) in [5.41, 5.74) is 2.91.